The topological polar surface area (TPSA) is 17.1 Å². The smallest absolute Gasteiger partial charge is 0.186 e. The van der Waals surface area contributed by atoms with Crippen LogP contribution in [0.15, 0.2) is 57.9 Å². The van der Waals surface area contributed by atoms with Crippen LogP contribution in [0.1, 0.15) is 37.7 Å². The van der Waals surface area contributed by atoms with Gasteiger partial charge in [0, 0.05) is 9.81 Å². The Morgan fingerprint density at radius 1 is 0.913 bits per heavy atom. The molecule has 0 unspecified atom stereocenters. The highest BCUT2D eigenvalue weighted by Gasteiger charge is 2.23. The molecule has 3 rings (SSSR count). The second kappa shape index (κ2) is 8.60. The third-order valence-electron chi connectivity index (χ3n) is 4.08. The Morgan fingerprint density at radius 3 is 2.43 bits per heavy atom. The highest BCUT2D eigenvalue weighted by Crippen LogP contribution is 2.40. The Bertz CT molecular complexity index is 633. The summed E-state index contributed by atoms with van der Waals surface area (Å²) in [5.74, 6) is 2.61. The van der Waals surface area contributed by atoms with E-state index in [2.05, 4.69) is 18.2 Å². The van der Waals surface area contributed by atoms with E-state index in [9.17, 15) is 4.79 Å². The Morgan fingerprint density at radius 2 is 1.65 bits per heavy atom. The lowest BCUT2D eigenvalue weighted by molar-refractivity contribution is -0.112. The molecule has 2 fully saturated rings. The summed E-state index contributed by atoms with van der Waals surface area (Å²) in [6.45, 7) is 0. The molecule has 0 N–H and O–H groups in total. The molecule has 2 aliphatic rings. The highest BCUT2D eigenvalue weighted by atomic mass is 32.2. The van der Waals surface area contributed by atoms with Gasteiger partial charge < -0.3 is 0 Å². The SMILES string of the molecule is O=C1C(=C2SCCCS2)CCCC/C1=C\C=C\c1ccccc1. The van der Waals surface area contributed by atoms with Crippen molar-refractivity contribution in [3.05, 3.63) is 63.4 Å². The van der Waals surface area contributed by atoms with Crippen molar-refractivity contribution < 1.29 is 4.79 Å². The first-order valence-electron chi connectivity index (χ1n) is 8.30. The van der Waals surface area contributed by atoms with E-state index in [1.807, 2.05) is 53.9 Å². The number of Topliss-reactive ketones (excluding diaryl/α,β-unsaturated/α-hetero) is 1. The van der Waals surface area contributed by atoms with Crippen LogP contribution in [0, 0.1) is 0 Å². The van der Waals surface area contributed by atoms with Crippen LogP contribution in [0.5, 0.6) is 0 Å². The van der Waals surface area contributed by atoms with E-state index in [0.29, 0.717) is 0 Å². The van der Waals surface area contributed by atoms with Crippen LogP contribution in [0.4, 0.5) is 0 Å². The van der Waals surface area contributed by atoms with Crippen molar-refractivity contribution in [2.24, 2.45) is 0 Å². The van der Waals surface area contributed by atoms with Gasteiger partial charge in [0.05, 0.1) is 0 Å². The number of rotatable bonds is 2. The van der Waals surface area contributed by atoms with E-state index in [-0.39, 0.29) is 5.78 Å². The molecule has 1 aromatic rings. The lowest BCUT2D eigenvalue weighted by atomic mass is 10.0. The van der Waals surface area contributed by atoms with E-state index >= 15 is 0 Å². The number of hydrogen-bond donors (Lipinski definition) is 0. The Labute approximate surface area is 147 Å². The molecule has 1 aliphatic carbocycles. The molecular formula is C20H22OS2. The molecule has 1 nitrogen and oxygen atoms in total. The molecule has 0 radical (unpaired) electrons. The predicted octanol–water partition coefficient (Wildman–Crippen LogP) is 5.85. The molecule has 0 aromatic heterocycles. The lowest BCUT2D eigenvalue weighted by Gasteiger charge is -2.16. The lowest BCUT2D eigenvalue weighted by Crippen LogP contribution is -2.07. The van der Waals surface area contributed by atoms with Crippen molar-refractivity contribution in [3.63, 3.8) is 0 Å². The van der Waals surface area contributed by atoms with Crippen LogP contribution in [-0.2, 0) is 4.79 Å². The standard InChI is InChI=1S/C20H22OS2/c21-19-17(12-6-10-16-8-2-1-3-9-16)11-4-5-13-18(19)20-22-14-7-15-23-20/h1-3,6,8-10,12H,4-5,7,11,13-15H2/b10-6+,17-12+. The number of hydrogen-bond acceptors (Lipinski definition) is 3. The van der Waals surface area contributed by atoms with Crippen molar-refractivity contribution in [1.82, 2.24) is 0 Å². The molecule has 1 saturated heterocycles. The van der Waals surface area contributed by atoms with Crippen LogP contribution < -0.4 is 0 Å². The van der Waals surface area contributed by atoms with Crippen LogP contribution in [-0.4, -0.2) is 17.3 Å². The van der Waals surface area contributed by atoms with Gasteiger partial charge in [-0.05, 0) is 54.7 Å². The fourth-order valence-electron chi connectivity index (χ4n) is 2.84. The quantitative estimate of drug-likeness (QED) is 0.495. The van der Waals surface area contributed by atoms with Crippen LogP contribution in [0.3, 0.4) is 0 Å². The summed E-state index contributed by atoms with van der Waals surface area (Å²) in [4.78, 5) is 12.9. The largest absolute Gasteiger partial charge is 0.289 e. The summed E-state index contributed by atoms with van der Waals surface area (Å²) in [5, 5.41) is 0. The zero-order valence-electron chi connectivity index (χ0n) is 13.3. The summed E-state index contributed by atoms with van der Waals surface area (Å²) in [5.41, 5.74) is 3.22. The van der Waals surface area contributed by atoms with Crippen molar-refractivity contribution in [1.29, 1.82) is 0 Å². The molecule has 1 aromatic carbocycles. The Kier molecular flexibility index (Phi) is 6.23. The van der Waals surface area contributed by atoms with E-state index in [4.69, 9.17) is 0 Å². The van der Waals surface area contributed by atoms with Crippen molar-refractivity contribution in [2.75, 3.05) is 11.5 Å². The number of carbonyl (C=O) groups is 1. The number of ketones is 1. The third-order valence-corrected chi connectivity index (χ3v) is 6.79. The molecule has 0 atom stereocenters. The van der Waals surface area contributed by atoms with E-state index < -0.39 is 0 Å². The van der Waals surface area contributed by atoms with Gasteiger partial charge in [-0.1, -0.05) is 48.6 Å². The third kappa shape index (κ3) is 4.65. The summed E-state index contributed by atoms with van der Waals surface area (Å²) in [6.07, 6.45) is 11.5. The van der Waals surface area contributed by atoms with Crippen molar-refractivity contribution in [2.45, 2.75) is 32.1 Å². The van der Waals surface area contributed by atoms with Crippen LogP contribution >= 0.6 is 23.5 Å². The first-order chi connectivity index (χ1) is 11.3. The maximum atomic E-state index is 12.9. The van der Waals surface area contributed by atoms with Gasteiger partial charge in [-0.2, -0.15) is 0 Å². The van der Waals surface area contributed by atoms with E-state index in [0.717, 1.165) is 48.3 Å². The molecule has 1 aliphatic heterocycles. The maximum absolute atomic E-state index is 12.9. The van der Waals surface area contributed by atoms with Crippen LogP contribution in [0.2, 0.25) is 0 Å². The first kappa shape index (κ1) is 16.7. The number of thioether (sulfide) groups is 2. The minimum atomic E-state index is 0.289. The zero-order chi connectivity index (χ0) is 15.9. The molecule has 120 valence electrons. The van der Waals surface area contributed by atoms with Gasteiger partial charge in [-0.3, -0.25) is 4.79 Å². The van der Waals surface area contributed by atoms with Gasteiger partial charge in [0.15, 0.2) is 5.78 Å². The monoisotopic (exact) mass is 342 g/mol. The molecule has 3 heteroatoms. The molecule has 1 saturated carbocycles. The normalized spacial score (nSPS) is 21.9. The maximum Gasteiger partial charge on any atom is 0.186 e. The Balaban J connectivity index is 1.79. The molecule has 0 amide bonds. The summed E-state index contributed by atoms with van der Waals surface area (Å²) >= 11 is 3.76. The molecule has 1 heterocycles. The van der Waals surface area contributed by atoms with Gasteiger partial charge in [-0.15, -0.1) is 23.5 Å². The molecule has 0 spiro atoms. The fraction of sp³-hybridized carbons (Fsp3) is 0.350. The van der Waals surface area contributed by atoms with Crippen LogP contribution in [0.25, 0.3) is 6.08 Å². The number of benzene rings is 1. The van der Waals surface area contributed by atoms with Gasteiger partial charge >= 0.3 is 0 Å². The van der Waals surface area contributed by atoms with E-state index in [1.165, 1.54) is 16.2 Å². The Hall–Kier alpha value is -1.19. The van der Waals surface area contributed by atoms with Crippen molar-refractivity contribution in [3.8, 4) is 0 Å². The second-order valence-corrected chi connectivity index (χ2v) is 8.28. The minimum Gasteiger partial charge on any atom is -0.289 e. The summed E-state index contributed by atoms with van der Waals surface area (Å²) in [6, 6.07) is 10.2. The second-order valence-electron chi connectivity index (χ2n) is 5.81. The molecule has 23 heavy (non-hydrogen) atoms. The first-order valence-corrected chi connectivity index (χ1v) is 10.3. The van der Waals surface area contributed by atoms with Gasteiger partial charge in [0.1, 0.15) is 0 Å². The highest BCUT2D eigenvalue weighted by molar-refractivity contribution is 8.22. The van der Waals surface area contributed by atoms with Crippen molar-refractivity contribution >= 4 is 35.4 Å². The predicted molar refractivity (Wildman–Crippen MR) is 104 cm³/mol. The minimum absolute atomic E-state index is 0.289. The zero-order valence-corrected chi connectivity index (χ0v) is 14.9. The molecular weight excluding hydrogens is 320 g/mol. The summed E-state index contributed by atoms with van der Waals surface area (Å²) < 4.78 is 1.29. The van der Waals surface area contributed by atoms with Gasteiger partial charge in [0.25, 0.3) is 0 Å². The average molecular weight is 343 g/mol. The summed E-state index contributed by atoms with van der Waals surface area (Å²) in [7, 11) is 0. The number of carbonyl (C=O) groups excluding carboxylic acids is 1. The van der Waals surface area contributed by atoms with Gasteiger partial charge in [0.2, 0.25) is 0 Å². The average Bonchev–Trinajstić information content (AvgIpc) is 2.79. The fourth-order valence-corrected chi connectivity index (χ4v) is 5.54. The number of allylic oxidation sites excluding steroid dienone is 4. The van der Waals surface area contributed by atoms with Gasteiger partial charge in [-0.25, -0.2) is 0 Å². The molecule has 0 bridgehead atoms. The van der Waals surface area contributed by atoms with E-state index in [1.54, 1.807) is 0 Å².